The first-order valence-corrected chi connectivity index (χ1v) is 7.99. The summed E-state index contributed by atoms with van der Waals surface area (Å²) in [6.45, 7) is 7.66. The third-order valence-corrected chi connectivity index (χ3v) is 4.17. The van der Waals surface area contributed by atoms with Crippen LogP contribution in [0.1, 0.15) is 48.6 Å². The normalized spacial score (nSPS) is 11.5. The molecule has 0 radical (unpaired) electrons. The van der Waals surface area contributed by atoms with Crippen molar-refractivity contribution in [1.29, 1.82) is 0 Å². The maximum Gasteiger partial charge on any atom is 0.255 e. The first kappa shape index (κ1) is 16.9. The van der Waals surface area contributed by atoms with Gasteiger partial charge in [0.15, 0.2) is 0 Å². The zero-order valence-electron chi connectivity index (χ0n) is 12.8. The van der Waals surface area contributed by atoms with Crippen LogP contribution in [0, 0.1) is 13.8 Å². The second kappa shape index (κ2) is 7.04. The molecular formula is C14H23N3O2S. The Bertz CT molecular complexity index is 488. The fourth-order valence-corrected chi connectivity index (χ4v) is 2.59. The van der Waals surface area contributed by atoms with E-state index in [1.807, 2.05) is 20.1 Å². The number of amides is 1. The van der Waals surface area contributed by atoms with Crippen LogP contribution in [0.2, 0.25) is 0 Å². The van der Waals surface area contributed by atoms with E-state index in [2.05, 4.69) is 15.3 Å². The average Bonchev–Trinajstić information content (AvgIpc) is 2.43. The first-order chi connectivity index (χ1) is 9.36. The number of nitrogens with zero attached hydrogens (tertiary/aromatic N) is 2. The molecular weight excluding hydrogens is 274 g/mol. The van der Waals surface area contributed by atoms with Crippen molar-refractivity contribution in [2.45, 2.75) is 51.2 Å². The van der Waals surface area contributed by atoms with Crippen molar-refractivity contribution < 1.29 is 9.90 Å². The molecule has 1 aromatic rings. The Morgan fingerprint density at radius 1 is 1.30 bits per heavy atom. The fourth-order valence-electron chi connectivity index (χ4n) is 1.92. The molecule has 6 heteroatoms. The Labute approximate surface area is 124 Å². The molecule has 2 N–H and O–H groups in total. The minimum atomic E-state index is -0.853. The highest BCUT2D eigenvalue weighted by atomic mass is 32.2. The van der Waals surface area contributed by atoms with Crippen LogP contribution in [0.25, 0.3) is 0 Å². The molecule has 0 saturated carbocycles. The highest BCUT2D eigenvalue weighted by Gasteiger charge is 2.25. The van der Waals surface area contributed by atoms with Crippen LogP contribution in [0.4, 0.5) is 0 Å². The van der Waals surface area contributed by atoms with Gasteiger partial charge in [-0.25, -0.2) is 9.97 Å². The topological polar surface area (TPSA) is 75.1 Å². The molecule has 0 saturated heterocycles. The monoisotopic (exact) mass is 297 g/mol. The van der Waals surface area contributed by atoms with E-state index in [0.29, 0.717) is 34.9 Å². The molecule has 0 atom stereocenters. The summed E-state index contributed by atoms with van der Waals surface area (Å²) in [4.78, 5) is 20.8. The number of aromatic nitrogens is 2. The summed E-state index contributed by atoms with van der Waals surface area (Å²) in [7, 11) is 0. The van der Waals surface area contributed by atoms with E-state index in [9.17, 15) is 9.90 Å². The largest absolute Gasteiger partial charge is 0.388 e. The SMILES string of the molecule is CCC(O)(CC)CNC(=O)c1c(C)nc(C)nc1SC. The lowest BCUT2D eigenvalue weighted by molar-refractivity contribution is 0.0313. The van der Waals surface area contributed by atoms with Crippen molar-refractivity contribution in [2.24, 2.45) is 0 Å². The van der Waals surface area contributed by atoms with Gasteiger partial charge >= 0.3 is 0 Å². The van der Waals surface area contributed by atoms with E-state index >= 15 is 0 Å². The molecule has 1 amide bonds. The number of aliphatic hydroxyl groups is 1. The number of rotatable bonds is 6. The van der Waals surface area contributed by atoms with E-state index in [1.165, 1.54) is 11.8 Å². The van der Waals surface area contributed by atoms with Gasteiger partial charge < -0.3 is 10.4 Å². The Balaban J connectivity index is 2.93. The molecule has 1 rings (SSSR count). The Hall–Kier alpha value is -1.14. The maximum absolute atomic E-state index is 12.3. The molecule has 0 aliphatic heterocycles. The molecule has 0 spiro atoms. The Morgan fingerprint density at radius 3 is 2.40 bits per heavy atom. The summed E-state index contributed by atoms with van der Waals surface area (Å²) in [6.07, 6.45) is 3.08. The second-order valence-corrected chi connectivity index (χ2v) is 5.65. The second-order valence-electron chi connectivity index (χ2n) is 4.85. The smallest absolute Gasteiger partial charge is 0.255 e. The van der Waals surface area contributed by atoms with Gasteiger partial charge in [-0.05, 0) is 32.9 Å². The quantitative estimate of drug-likeness (QED) is 0.621. The van der Waals surface area contributed by atoms with Gasteiger partial charge in [-0.3, -0.25) is 4.79 Å². The summed E-state index contributed by atoms with van der Waals surface area (Å²) < 4.78 is 0. The first-order valence-electron chi connectivity index (χ1n) is 6.76. The molecule has 0 aliphatic carbocycles. The zero-order chi connectivity index (χ0) is 15.3. The van der Waals surface area contributed by atoms with Crippen LogP contribution in [-0.4, -0.2) is 39.4 Å². The predicted octanol–water partition coefficient (Wildman–Crippen LogP) is 2.10. The highest BCUT2D eigenvalue weighted by Crippen LogP contribution is 2.21. The van der Waals surface area contributed by atoms with Crippen LogP contribution in [0.5, 0.6) is 0 Å². The summed E-state index contributed by atoms with van der Waals surface area (Å²) in [6, 6.07) is 0. The van der Waals surface area contributed by atoms with Crippen molar-refractivity contribution in [3.63, 3.8) is 0 Å². The van der Waals surface area contributed by atoms with Gasteiger partial charge in [0.05, 0.1) is 16.9 Å². The molecule has 0 bridgehead atoms. The standard InChI is InChI=1S/C14H23N3O2S/c1-6-14(19,7-2)8-15-12(18)11-9(3)16-10(4)17-13(11)20-5/h19H,6-8H2,1-5H3,(H,15,18). The van der Waals surface area contributed by atoms with Gasteiger partial charge in [-0.2, -0.15) is 0 Å². The minimum Gasteiger partial charge on any atom is -0.388 e. The van der Waals surface area contributed by atoms with Crippen molar-refractivity contribution in [2.75, 3.05) is 12.8 Å². The van der Waals surface area contributed by atoms with Gasteiger partial charge in [-0.15, -0.1) is 11.8 Å². The van der Waals surface area contributed by atoms with Crippen LogP contribution in [0.15, 0.2) is 5.03 Å². The third kappa shape index (κ3) is 3.93. The molecule has 0 unspecified atom stereocenters. The van der Waals surface area contributed by atoms with Crippen molar-refractivity contribution in [3.8, 4) is 0 Å². The van der Waals surface area contributed by atoms with E-state index in [0.717, 1.165) is 0 Å². The van der Waals surface area contributed by atoms with E-state index in [4.69, 9.17) is 0 Å². The number of hydrogen-bond acceptors (Lipinski definition) is 5. The summed E-state index contributed by atoms with van der Waals surface area (Å²) >= 11 is 1.42. The molecule has 0 aliphatic rings. The average molecular weight is 297 g/mol. The van der Waals surface area contributed by atoms with Gasteiger partial charge in [0.2, 0.25) is 0 Å². The lowest BCUT2D eigenvalue weighted by Crippen LogP contribution is -2.42. The van der Waals surface area contributed by atoms with Crippen molar-refractivity contribution >= 4 is 17.7 Å². The molecule has 0 fully saturated rings. The molecule has 20 heavy (non-hydrogen) atoms. The van der Waals surface area contributed by atoms with E-state index < -0.39 is 5.60 Å². The number of thioether (sulfide) groups is 1. The molecule has 112 valence electrons. The molecule has 0 aromatic carbocycles. The van der Waals surface area contributed by atoms with Crippen LogP contribution >= 0.6 is 11.8 Å². The number of hydrogen-bond donors (Lipinski definition) is 2. The lowest BCUT2D eigenvalue weighted by Gasteiger charge is -2.25. The van der Waals surface area contributed by atoms with E-state index in [1.54, 1.807) is 13.8 Å². The van der Waals surface area contributed by atoms with Gasteiger partial charge in [-0.1, -0.05) is 13.8 Å². The van der Waals surface area contributed by atoms with E-state index in [-0.39, 0.29) is 12.5 Å². The van der Waals surface area contributed by atoms with Crippen molar-refractivity contribution in [3.05, 3.63) is 17.1 Å². The highest BCUT2D eigenvalue weighted by molar-refractivity contribution is 7.98. The van der Waals surface area contributed by atoms with Gasteiger partial charge in [0.25, 0.3) is 5.91 Å². The Kier molecular flexibility index (Phi) is 5.95. The molecule has 1 heterocycles. The van der Waals surface area contributed by atoms with Gasteiger partial charge in [0.1, 0.15) is 10.9 Å². The van der Waals surface area contributed by atoms with Crippen LogP contribution < -0.4 is 5.32 Å². The summed E-state index contributed by atoms with van der Waals surface area (Å²) in [5, 5.41) is 13.7. The van der Waals surface area contributed by atoms with Crippen LogP contribution in [0.3, 0.4) is 0 Å². The maximum atomic E-state index is 12.3. The number of carbonyl (C=O) groups excluding carboxylic acids is 1. The molecule has 1 aromatic heterocycles. The zero-order valence-corrected chi connectivity index (χ0v) is 13.6. The van der Waals surface area contributed by atoms with Crippen LogP contribution in [-0.2, 0) is 0 Å². The lowest BCUT2D eigenvalue weighted by atomic mass is 9.97. The van der Waals surface area contributed by atoms with Crippen molar-refractivity contribution in [1.82, 2.24) is 15.3 Å². The third-order valence-electron chi connectivity index (χ3n) is 3.48. The minimum absolute atomic E-state index is 0.229. The summed E-state index contributed by atoms with van der Waals surface area (Å²) in [5.74, 6) is 0.425. The molecule has 5 nitrogen and oxygen atoms in total. The number of aryl methyl sites for hydroxylation is 2. The summed E-state index contributed by atoms with van der Waals surface area (Å²) in [5.41, 5.74) is 0.308. The number of nitrogens with one attached hydrogen (secondary N) is 1. The number of carbonyl (C=O) groups is 1. The predicted molar refractivity (Wildman–Crippen MR) is 81.2 cm³/mol. The Morgan fingerprint density at radius 2 is 1.90 bits per heavy atom. The fraction of sp³-hybridized carbons (Fsp3) is 0.643. The van der Waals surface area contributed by atoms with Gasteiger partial charge in [0, 0.05) is 6.54 Å².